The Labute approximate surface area is 102 Å². The first-order valence-electron chi connectivity index (χ1n) is 5.83. The van der Waals surface area contributed by atoms with Gasteiger partial charge in [0, 0.05) is 18.4 Å². The van der Waals surface area contributed by atoms with Gasteiger partial charge in [0.2, 0.25) is 0 Å². The summed E-state index contributed by atoms with van der Waals surface area (Å²) in [5, 5.41) is 0. The summed E-state index contributed by atoms with van der Waals surface area (Å²) >= 11 is 0. The van der Waals surface area contributed by atoms with E-state index in [1.807, 2.05) is 20.8 Å². The molecule has 0 spiro atoms. The number of benzene rings is 1. The van der Waals surface area contributed by atoms with Crippen LogP contribution in [0.25, 0.3) is 0 Å². The molecule has 0 aliphatic carbocycles. The Kier molecular flexibility index (Phi) is 4.40. The molecule has 0 unspecified atom stereocenters. The average Bonchev–Trinajstić information content (AvgIpc) is 2.18. The Bertz CT molecular complexity index is 407. The zero-order valence-electron chi connectivity index (χ0n) is 10.7. The number of hydrogen-bond donors (Lipinski definition) is 1. The highest BCUT2D eigenvalue weighted by molar-refractivity contribution is 5.81. The van der Waals surface area contributed by atoms with Crippen LogP contribution in [0.2, 0.25) is 0 Å². The Balaban J connectivity index is 2.57. The van der Waals surface area contributed by atoms with Crippen LogP contribution in [0, 0.1) is 12.7 Å². The van der Waals surface area contributed by atoms with Gasteiger partial charge in [0.1, 0.15) is 11.6 Å². The number of carbonyl (C=O) groups excluding carboxylic acids is 1. The summed E-state index contributed by atoms with van der Waals surface area (Å²) in [7, 11) is 0. The zero-order valence-corrected chi connectivity index (χ0v) is 10.7. The van der Waals surface area contributed by atoms with E-state index in [2.05, 4.69) is 0 Å². The monoisotopic (exact) mass is 237 g/mol. The van der Waals surface area contributed by atoms with Gasteiger partial charge in [-0.3, -0.25) is 4.79 Å². The Morgan fingerprint density at radius 1 is 1.41 bits per heavy atom. The molecule has 94 valence electrons. The Hall–Kier alpha value is -1.22. The van der Waals surface area contributed by atoms with Gasteiger partial charge in [0.25, 0.3) is 0 Å². The van der Waals surface area contributed by atoms with Crippen LogP contribution >= 0.6 is 0 Å². The molecule has 0 atom stereocenters. The second-order valence-corrected chi connectivity index (χ2v) is 5.27. The smallest absolute Gasteiger partial charge is 0.137 e. The minimum Gasteiger partial charge on any atom is -0.326 e. The molecular formula is C14H20FNO. The minimum atomic E-state index is -0.312. The molecule has 2 N–H and O–H groups in total. The van der Waals surface area contributed by atoms with Crippen molar-refractivity contribution in [1.29, 1.82) is 0 Å². The molecule has 0 saturated heterocycles. The first-order valence-corrected chi connectivity index (χ1v) is 5.83. The number of rotatable bonds is 5. The summed E-state index contributed by atoms with van der Waals surface area (Å²) in [5.74, 6) is -0.111. The maximum Gasteiger partial charge on any atom is 0.137 e. The number of hydrogen-bond acceptors (Lipinski definition) is 2. The average molecular weight is 237 g/mol. The third-order valence-corrected chi connectivity index (χ3v) is 2.74. The third kappa shape index (κ3) is 5.09. The lowest BCUT2D eigenvalue weighted by atomic mass is 9.95. The highest BCUT2D eigenvalue weighted by atomic mass is 19.1. The van der Waals surface area contributed by atoms with E-state index in [4.69, 9.17) is 5.73 Å². The SMILES string of the molecule is Cc1cc(F)ccc1CC(=O)CCC(C)(C)N. The van der Waals surface area contributed by atoms with E-state index in [0.29, 0.717) is 19.3 Å². The number of aryl methyl sites for hydroxylation is 1. The van der Waals surface area contributed by atoms with Gasteiger partial charge < -0.3 is 5.73 Å². The first kappa shape index (κ1) is 13.8. The van der Waals surface area contributed by atoms with E-state index in [1.165, 1.54) is 12.1 Å². The fourth-order valence-electron chi connectivity index (χ4n) is 1.62. The summed E-state index contributed by atoms with van der Waals surface area (Å²) in [6.45, 7) is 5.63. The normalized spacial score (nSPS) is 11.6. The zero-order chi connectivity index (χ0) is 13.1. The molecule has 0 bridgehead atoms. The first-order chi connectivity index (χ1) is 7.78. The van der Waals surface area contributed by atoms with Crippen LogP contribution < -0.4 is 5.73 Å². The number of halogens is 1. The quantitative estimate of drug-likeness (QED) is 0.855. The molecule has 0 heterocycles. The van der Waals surface area contributed by atoms with E-state index in [9.17, 15) is 9.18 Å². The molecule has 0 aliphatic rings. The van der Waals surface area contributed by atoms with Gasteiger partial charge in [0.15, 0.2) is 0 Å². The van der Waals surface area contributed by atoms with Crippen LogP contribution in [0.1, 0.15) is 37.8 Å². The molecule has 0 aromatic heterocycles. The van der Waals surface area contributed by atoms with E-state index in [1.54, 1.807) is 6.07 Å². The van der Waals surface area contributed by atoms with Gasteiger partial charge in [-0.1, -0.05) is 6.07 Å². The largest absolute Gasteiger partial charge is 0.326 e. The lowest BCUT2D eigenvalue weighted by Gasteiger charge is -2.17. The van der Waals surface area contributed by atoms with Gasteiger partial charge in [-0.2, -0.15) is 0 Å². The fraction of sp³-hybridized carbons (Fsp3) is 0.500. The van der Waals surface area contributed by atoms with Crippen LogP contribution in [0.15, 0.2) is 18.2 Å². The fourth-order valence-corrected chi connectivity index (χ4v) is 1.62. The van der Waals surface area contributed by atoms with Crippen LogP contribution in [-0.4, -0.2) is 11.3 Å². The molecule has 1 aromatic carbocycles. The van der Waals surface area contributed by atoms with Crippen molar-refractivity contribution >= 4 is 5.78 Å². The standard InChI is InChI=1S/C14H20FNO/c1-10-8-12(15)5-4-11(10)9-13(17)6-7-14(2,3)16/h4-5,8H,6-7,9,16H2,1-3H3. The lowest BCUT2D eigenvalue weighted by Crippen LogP contribution is -2.32. The summed E-state index contributed by atoms with van der Waals surface area (Å²) < 4.78 is 12.9. The molecule has 0 fully saturated rings. The topological polar surface area (TPSA) is 43.1 Å². The summed E-state index contributed by atoms with van der Waals surface area (Å²) in [6.07, 6.45) is 1.51. The second-order valence-electron chi connectivity index (χ2n) is 5.27. The van der Waals surface area contributed by atoms with Gasteiger partial charge in [-0.05, 0) is 50.5 Å². The van der Waals surface area contributed by atoms with Crippen molar-refractivity contribution < 1.29 is 9.18 Å². The van der Waals surface area contributed by atoms with Crippen LogP contribution in [-0.2, 0) is 11.2 Å². The second kappa shape index (κ2) is 5.41. The molecule has 0 radical (unpaired) electrons. The van der Waals surface area contributed by atoms with Crippen molar-refractivity contribution in [2.45, 2.75) is 45.6 Å². The maximum absolute atomic E-state index is 12.9. The summed E-state index contributed by atoms with van der Waals surface area (Å²) in [5.41, 5.74) is 7.23. The molecule has 17 heavy (non-hydrogen) atoms. The summed E-state index contributed by atoms with van der Waals surface area (Å²) in [6, 6.07) is 4.52. The van der Waals surface area contributed by atoms with Crippen molar-refractivity contribution in [2.75, 3.05) is 0 Å². The molecule has 3 heteroatoms. The predicted molar refractivity (Wildman–Crippen MR) is 67.3 cm³/mol. The van der Waals surface area contributed by atoms with Crippen molar-refractivity contribution in [2.24, 2.45) is 5.73 Å². The molecule has 0 saturated carbocycles. The van der Waals surface area contributed by atoms with Crippen molar-refractivity contribution in [3.63, 3.8) is 0 Å². The van der Waals surface area contributed by atoms with Gasteiger partial charge >= 0.3 is 0 Å². The number of carbonyl (C=O) groups is 1. The maximum atomic E-state index is 12.9. The van der Waals surface area contributed by atoms with Crippen molar-refractivity contribution in [1.82, 2.24) is 0 Å². The van der Waals surface area contributed by atoms with E-state index < -0.39 is 0 Å². The predicted octanol–water partition coefficient (Wildman–Crippen LogP) is 2.76. The molecular weight excluding hydrogens is 217 g/mol. The Morgan fingerprint density at radius 2 is 2.06 bits per heavy atom. The molecule has 1 aromatic rings. The number of nitrogens with two attached hydrogens (primary N) is 1. The Morgan fingerprint density at radius 3 is 2.59 bits per heavy atom. The third-order valence-electron chi connectivity index (χ3n) is 2.74. The number of ketones is 1. The van der Waals surface area contributed by atoms with Gasteiger partial charge in [-0.25, -0.2) is 4.39 Å². The van der Waals surface area contributed by atoms with E-state index in [0.717, 1.165) is 11.1 Å². The van der Waals surface area contributed by atoms with Crippen LogP contribution in [0.5, 0.6) is 0 Å². The summed E-state index contributed by atoms with van der Waals surface area (Å²) in [4.78, 5) is 11.7. The minimum absolute atomic E-state index is 0.151. The molecule has 2 nitrogen and oxygen atoms in total. The van der Waals surface area contributed by atoms with Crippen molar-refractivity contribution in [3.8, 4) is 0 Å². The number of Topliss-reactive ketones (excluding diaryl/α,β-unsaturated/α-hetero) is 1. The van der Waals surface area contributed by atoms with Crippen LogP contribution in [0.3, 0.4) is 0 Å². The van der Waals surface area contributed by atoms with Crippen molar-refractivity contribution in [3.05, 3.63) is 35.1 Å². The molecule has 0 aliphatic heterocycles. The van der Waals surface area contributed by atoms with Gasteiger partial charge in [-0.15, -0.1) is 0 Å². The highest BCUT2D eigenvalue weighted by Crippen LogP contribution is 2.14. The van der Waals surface area contributed by atoms with E-state index in [-0.39, 0.29) is 17.1 Å². The molecule has 1 rings (SSSR count). The lowest BCUT2D eigenvalue weighted by molar-refractivity contribution is -0.118. The molecule has 0 amide bonds. The van der Waals surface area contributed by atoms with Crippen LogP contribution in [0.4, 0.5) is 4.39 Å². The van der Waals surface area contributed by atoms with E-state index >= 15 is 0 Å². The highest BCUT2D eigenvalue weighted by Gasteiger charge is 2.14. The van der Waals surface area contributed by atoms with Gasteiger partial charge in [0.05, 0.1) is 0 Å².